The number of anilines is 1. The van der Waals surface area contributed by atoms with Gasteiger partial charge in [-0.25, -0.2) is 4.98 Å². The molecule has 1 amide bonds. The molecule has 0 atom stereocenters. The second-order valence-corrected chi connectivity index (χ2v) is 6.92. The molecular weight excluding hydrogens is 388 g/mol. The van der Waals surface area contributed by atoms with Crippen LogP contribution in [0.1, 0.15) is 6.92 Å². The summed E-state index contributed by atoms with van der Waals surface area (Å²) >= 11 is 5.96. The van der Waals surface area contributed by atoms with Crippen LogP contribution in [-0.2, 0) is 4.79 Å². The molecule has 0 saturated heterocycles. The molecule has 0 unspecified atom stereocenters. The SMILES string of the molecule is CC(=O)Nc1oc(-c2ccc(-c3ccccc3)cc2O)nc1-c1ccc(Cl)cc1. The third kappa shape index (κ3) is 4.00. The average Bonchev–Trinajstić information content (AvgIpc) is 3.12. The molecule has 0 spiro atoms. The molecule has 0 saturated carbocycles. The molecule has 6 heteroatoms. The van der Waals surface area contributed by atoms with Gasteiger partial charge in [-0.05, 0) is 35.4 Å². The van der Waals surface area contributed by atoms with Gasteiger partial charge in [0.15, 0.2) is 0 Å². The molecule has 0 radical (unpaired) electrons. The van der Waals surface area contributed by atoms with Crippen molar-refractivity contribution in [1.29, 1.82) is 0 Å². The summed E-state index contributed by atoms with van der Waals surface area (Å²) in [5, 5.41) is 13.8. The first-order valence-corrected chi connectivity index (χ1v) is 9.32. The van der Waals surface area contributed by atoms with E-state index in [0.29, 0.717) is 16.3 Å². The molecule has 0 aliphatic carbocycles. The van der Waals surface area contributed by atoms with Crippen molar-refractivity contribution in [3.8, 4) is 39.6 Å². The molecule has 1 heterocycles. The second-order valence-electron chi connectivity index (χ2n) is 6.48. The number of rotatable bonds is 4. The van der Waals surface area contributed by atoms with Crippen LogP contribution in [0.5, 0.6) is 5.75 Å². The van der Waals surface area contributed by atoms with Crippen molar-refractivity contribution in [3.05, 3.63) is 77.8 Å². The first-order valence-electron chi connectivity index (χ1n) is 8.94. The summed E-state index contributed by atoms with van der Waals surface area (Å²) in [6, 6.07) is 22.1. The van der Waals surface area contributed by atoms with E-state index in [1.807, 2.05) is 36.4 Å². The lowest BCUT2D eigenvalue weighted by Crippen LogP contribution is -2.05. The molecule has 4 rings (SSSR count). The summed E-state index contributed by atoms with van der Waals surface area (Å²) in [5.74, 6) is 0.161. The smallest absolute Gasteiger partial charge is 0.233 e. The Morgan fingerprint density at radius 1 is 0.966 bits per heavy atom. The number of aromatic hydroxyl groups is 1. The van der Waals surface area contributed by atoms with Crippen LogP contribution >= 0.6 is 11.6 Å². The lowest BCUT2D eigenvalue weighted by Gasteiger charge is -2.05. The van der Waals surface area contributed by atoms with Gasteiger partial charge < -0.3 is 9.52 Å². The summed E-state index contributed by atoms with van der Waals surface area (Å²) in [6.45, 7) is 1.39. The first-order chi connectivity index (χ1) is 14.0. The largest absolute Gasteiger partial charge is 0.507 e. The molecule has 0 fully saturated rings. The maximum absolute atomic E-state index is 11.6. The zero-order valence-electron chi connectivity index (χ0n) is 15.5. The first kappa shape index (κ1) is 18.8. The Bertz CT molecular complexity index is 1170. The topological polar surface area (TPSA) is 75.4 Å². The van der Waals surface area contributed by atoms with Gasteiger partial charge in [0, 0.05) is 17.5 Å². The van der Waals surface area contributed by atoms with E-state index in [-0.39, 0.29) is 23.4 Å². The number of benzene rings is 3. The van der Waals surface area contributed by atoms with E-state index in [1.54, 1.807) is 36.4 Å². The standard InChI is InChI=1S/C23H17ClN2O3/c1-14(27)25-23-21(16-7-10-18(24)11-8-16)26-22(29-23)19-12-9-17(13-20(19)28)15-5-3-2-4-6-15/h2-13,28H,1H3,(H,25,27). The van der Waals surface area contributed by atoms with Crippen molar-refractivity contribution in [2.24, 2.45) is 0 Å². The third-order valence-electron chi connectivity index (χ3n) is 4.37. The highest BCUT2D eigenvalue weighted by molar-refractivity contribution is 6.30. The van der Waals surface area contributed by atoms with Gasteiger partial charge in [0.2, 0.25) is 17.7 Å². The number of nitrogens with one attached hydrogen (secondary N) is 1. The highest BCUT2D eigenvalue weighted by Gasteiger charge is 2.19. The Morgan fingerprint density at radius 2 is 1.66 bits per heavy atom. The zero-order valence-corrected chi connectivity index (χ0v) is 16.3. The number of carbonyl (C=O) groups excluding carboxylic acids is 1. The number of oxazole rings is 1. The van der Waals surface area contributed by atoms with Gasteiger partial charge >= 0.3 is 0 Å². The van der Waals surface area contributed by atoms with E-state index in [4.69, 9.17) is 16.0 Å². The Balaban J connectivity index is 1.77. The zero-order chi connectivity index (χ0) is 20.4. The van der Waals surface area contributed by atoms with Gasteiger partial charge in [0.25, 0.3) is 0 Å². The molecule has 4 aromatic rings. The van der Waals surface area contributed by atoms with Gasteiger partial charge in [0.05, 0.1) is 5.56 Å². The van der Waals surface area contributed by atoms with E-state index >= 15 is 0 Å². The maximum atomic E-state index is 11.6. The van der Waals surface area contributed by atoms with Gasteiger partial charge in [-0.15, -0.1) is 0 Å². The molecule has 5 nitrogen and oxygen atoms in total. The van der Waals surface area contributed by atoms with Crippen molar-refractivity contribution < 1.29 is 14.3 Å². The number of halogens is 1. The van der Waals surface area contributed by atoms with Crippen LogP contribution in [0.15, 0.2) is 77.2 Å². The summed E-state index contributed by atoms with van der Waals surface area (Å²) in [6.07, 6.45) is 0. The fraction of sp³-hybridized carbons (Fsp3) is 0.0435. The molecule has 0 bridgehead atoms. The van der Waals surface area contributed by atoms with Crippen LogP contribution in [0, 0.1) is 0 Å². The molecular formula is C23H17ClN2O3. The summed E-state index contributed by atoms with van der Waals surface area (Å²) < 4.78 is 5.79. The van der Waals surface area contributed by atoms with Crippen molar-refractivity contribution in [2.75, 3.05) is 5.32 Å². The van der Waals surface area contributed by atoms with Gasteiger partial charge in [-0.3, -0.25) is 10.1 Å². The number of aromatic nitrogens is 1. The molecule has 144 valence electrons. The number of hydrogen-bond donors (Lipinski definition) is 2. The van der Waals surface area contributed by atoms with Crippen molar-refractivity contribution >= 4 is 23.4 Å². The molecule has 2 N–H and O–H groups in total. The molecule has 29 heavy (non-hydrogen) atoms. The lowest BCUT2D eigenvalue weighted by molar-refractivity contribution is -0.114. The molecule has 3 aromatic carbocycles. The second kappa shape index (κ2) is 7.81. The van der Waals surface area contributed by atoms with Crippen LogP contribution in [0.25, 0.3) is 33.8 Å². The number of phenols is 1. The number of phenolic OH excluding ortho intramolecular Hbond substituents is 1. The maximum Gasteiger partial charge on any atom is 0.233 e. The van der Waals surface area contributed by atoms with E-state index in [2.05, 4.69) is 10.3 Å². The summed E-state index contributed by atoms with van der Waals surface area (Å²) in [5.41, 5.74) is 3.48. The van der Waals surface area contributed by atoms with E-state index in [1.165, 1.54) is 6.92 Å². The molecule has 0 aliphatic heterocycles. The van der Waals surface area contributed by atoms with Crippen molar-refractivity contribution in [2.45, 2.75) is 6.92 Å². The van der Waals surface area contributed by atoms with Crippen LogP contribution in [0.4, 0.5) is 5.88 Å². The quantitative estimate of drug-likeness (QED) is 0.438. The molecule has 0 aliphatic rings. The Hall–Kier alpha value is -3.57. The van der Waals surface area contributed by atoms with Crippen LogP contribution in [-0.4, -0.2) is 16.0 Å². The highest BCUT2D eigenvalue weighted by atomic mass is 35.5. The van der Waals surface area contributed by atoms with Crippen LogP contribution in [0.2, 0.25) is 5.02 Å². The predicted octanol–water partition coefficient (Wildman–Crippen LogP) is 5.99. The van der Waals surface area contributed by atoms with Crippen molar-refractivity contribution in [1.82, 2.24) is 4.98 Å². The van der Waals surface area contributed by atoms with Crippen LogP contribution in [0.3, 0.4) is 0 Å². The normalized spacial score (nSPS) is 10.7. The van der Waals surface area contributed by atoms with Crippen LogP contribution < -0.4 is 5.32 Å². The number of amides is 1. The number of nitrogens with zero attached hydrogens (tertiary/aromatic N) is 1. The Labute approximate surface area is 172 Å². The summed E-state index contributed by atoms with van der Waals surface area (Å²) in [7, 11) is 0. The minimum atomic E-state index is -0.286. The van der Waals surface area contributed by atoms with E-state index in [9.17, 15) is 9.90 Å². The molecule has 1 aromatic heterocycles. The van der Waals surface area contributed by atoms with E-state index in [0.717, 1.165) is 16.7 Å². The van der Waals surface area contributed by atoms with Crippen molar-refractivity contribution in [3.63, 3.8) is 0 Å². The Kier molecular flexibility index (Phi) is 5.06. The summed E-state index contributed by atoms with van der Waals surface area (Å²) in [4.78, 5) is 16.1. The number of hydrogen-bond acceptors (Lipinski definition) is 4. The fourth-order valence-corrected chi connectivity index (χ4v) is 3.13. The minimum Gasteiger partial charge on any atom is -0.507 e. The fourth-order valence-electron chi connectivity index (χ4n) is 3.01. The number of carbonyl (C=O) groups is 1. The predicted molar refractivity (Wildman–Crippen MR) is 114 cm³/mol. The average molecular weight is 405 g/mol. The van der Waals surface area contributed by atoms with Gasteiger partial charge in [-0.1, -0.05) is 60.1 Å². The van der Waals surface area contributed by atoms with Gasteiger partial charge in [0.1, 0.15) is 11.4 Å². The minimum absolute atomic E-state index is 0.0321. The van der Waals surface area contributed by atoms with Gasteiger partial charge in [-0.2, -0.15) is 0 Å². The monoisotopic (exact) mass is 404 g/mol. The highest BCUT2D eigenvalue weighted by Crippen LogP contribution is 2.38. The third-order valence-corrected chi connectivity index (χ3v) is 4.62. The Morgan fingerprint density at radius 3 is 2.31 bits per heavy atom. The van der Waals surface area contributed by atoms with E-state index < -0.39 is 0 Å². The lowest BCUT2D eigenvalue weighted by atomic mass is 10.0.